The van der Waals surface area contributed by atoms with Crippen molar-refractivity contribution < 1.29 is 14.4 Å². The quantitative estimate of drug-likeness (QED) is 0.859. The van der Waals surface area contributed by atoms with E-state index in [2.05, 4.69) is 15.5 Å². The van der Waals surface area contributed by atoms with Gasteiger partial charge in [0, 0.05) is 6.54 Å². The van der Waals surface area contributed by atoms with Crippen molar-refractivity contribution in [3.63, 3.8) is 0 Å². The molecule has 0 fully saturated rings. The molecule has 18 heavy (non-hydrogen) atoms. The van der Waals surface area contributed by atoms with Crippen molar-refractivity contribution >= 4 is 6.09 Å². The summed E-state index contributed by atoms with van der Waals surface area (Å²) in [6.07, 6.45) is -1.08. The maximum atomic E-state index is 10.6. The van der Waals surface area contributed by atoms with E-state index >= 15 is 0 Å². The molecule has 6 nitrogen and oxygen atoms in total. The normalized spacial score (nSPS) is 12.1. The number of rotatable bonds is 4. The third kappa shape index (κ3) is 2.85. The Labute approximate surface area is 104 Å². The van der Waals surface area contributed by atoms with E-state index < -0.39 is 6.09 Å². The summed E-state index contributed by atoms with van der Waals surface area (Å²) in [4.78, 5) is 14.7. The van der Waals surface area contributed by atoms with Crippen LogP contribution in [0.25, 0.3) is 0 Å². The number of hydrogen-bond acceptors (Lipinski definition) is 4. The lowest BCUT2D eigenvalue weighted by Gasteiger charge is -2.12. The molecule has 1 aromatic carbocycles. The number of aromatic nitrogens is 2. The van der Waals surface area contributed by atoms with Crippen LogP contribution >= 0.6 is 0 Å². The van der Waals surface area contributed by atoms with Gasteiger partial charge in [-0.05, 0) is 12.5 Å². The lowest BCUT2D eigenvalue weighted by atomic mass is 9.99. The Morgan fingerprint density at radius 3 is 2.72 bits per heavy atom. The smallest absolute Gasteiger partial charge is 0.404 e. The third-order valence-corrected chi connectivity index (χ3v) is 2.50. The molecule has 94 valence electrons. The van der Waals surface area contributed by atoms with E-state index in [1.807, 2.05) is 30.3 Å². The monoisotopic (exact) mass is 247 g/mol. The predicted octanol–water partition coefficient (Wildman–Crippen LogP) is 1.78. The summed E-state index contributed by atoms with van der Waals surface area (Å²) >= 11 is 0. The summed E-state index contributed by atoms with van der Waals surface area (Å²) in [5.74, 6) is 0.664. The highest BCUT2D eigenvalue weighted by Gasteiger charge is 2.20. The Bertz CT molecular complexity index is 524. The Balaban J connectivity index is 2.26. The molecule has 6 heteroatoms. The van der Waals surface area contributed by atoms with Crippen LogP contribution < -0.4 is 5.32 Å². The van der Waals surface area contributed by atoms with Crippen molar-refractivity contribution in [3.05, 3.63) is 47.6 Å². The highest BCUT2D eigenvalue weighted by Crippen LogP contribution is 2.22. The number of amides is 1. The standard InChI is InChI=1S/C12H13N3O3/c1-8-14-11(18-15-8)10(7-13-12(16)17)9-5-3-2-4-6-9/h2-6,10,13H,7H2,1H3,(H,16,17). The molecule has 1 amide bonds. The number of carboxylic acid groups (broad SMARTS) is 1. The first-order valence-electron chi connectivity index (χ1n) is 5.49. The summed E-state index contributed by atoms with van der Waals surface area (Å²) in [6.45, 7) is 1.92. The van der Waals surface area contributed by atoms with Crippen molar-refractivity contribution in [2.75, 3.05) is 6.54 Å². The molecule has 1 heterocycles. The van der Waals surface area contributed by atoms with E-state index in [4.69, 9.17) is 9.63 Å². The van der Waals surface area contributed by atoms with Crippen LogP contribution in [0.4, 0.5) is 4.79 Å². The molecule has 0 spiro atoms. The van der Waals surface area contributed by atoms with Gasteiger partial charge in [-0.15, -0.1) is 0 Å². The van der Waals surface area contributed by atoms with E-state index in [0.717, 1.165) is 5.56 Å². The summed E-state index contributed by atoms with van der Waals surface area (Å²) in [5.41, 5.74) is 0.926. The second-order valence-electron chi connectivity index (χ2n) is 3.83. The molecule has 0 bridgehead atoms. The van der Waals surface area contributed by atoms with Gasteiger partial charge in [-0.3, -0.25) is 0 Å². The molecule has 2 N–H and O–H groups in total. The first-order chi connectivity index (χ1) is 8.66. The van der Waals surface area contributed by atoms with Crippen LogP contribution in [-0.2, 0) is 0 Å². The fourth-order valence-corrected chi connectivity index (χ4v) is 1.68. The highest BCUT2D eigenvalue weighted by molar-refractivity contribution is 5.64. The first-order valence-corrected chi connectivity index (χ1v) is 5.49. The summed E-state index contributed by atoms with van der Waals surface area (Å²) < 4.78 is 5.12. The Hall–Kier alpha value is -2.37. The average molecular weight is 247 g/mol. The van der Waals surface area contributed by atoms with Gasteiger partial charge in [-0.1, -0.05) is 35.5 Å². The van der Waals surface area contributed by atoms with E-state index in [9.17, 15) is 4.79 Å². The number of aryl methyl sites for hydroxylation is 1. The minimum Gasteiger partial charge on any atom is -0.465 e. The van der Waals surface area contributed by atoms with Gasteiger partial charge in [0.05, 0.1) is 5.92 Å². The van der Waals surface area contributed by atoms with Crippen molar-refractivity contribution in [3.8, 4) is 0 Å². The molecule has 0 radical (unpaired) electrons. The van der Waals surface area contributed by atoms with E-state index in [1.54, 1.807) is 6.92 Å². The van der Waals surface area contributed by atoms with Gasteiger partial charge >= 0.3 is 6.09 Å². The minimum absolute atomic E-state index is 0.195. The molecule has 0 aliphatic carbocycles. The number of hydrogen-bond donors (Lipinski definition) is 2. The molecule has 2 aromatic rings. The molecule has 0 saturated heterocycles. The van der Waals surface area contributed by atoms with Crippen LogP contribution in [0.3, 0.4) is 0 Å². The zero-order valence-electron chi connectivity index (χ0n) is 9.83. The van der Waals surface area contributed by atoms with Crippen molar-refractivity contribution in [1.29, 1.82) is 0 Å². The minimum atomic E-state index is -1.08. The maximum Gasteiger partial charge on any atom is 0.404 e. The molecule has 0 aliphatic heterocycles. The molecule has 0 aliphatic rings. The predicted molar refractivity (Wildman–Crippen MR) is 63.3 cm³/mol. The largest absolute Gasteiger partial charge is 0.465 e. The van der Waals surface area contributed by atoms with Gasteiger partial charge in [0.15, 0.2) is 5.82 Å². The van der Waals surface area contributed by atoms with E-state index in [0.29, 0.717) is 11.7 Å². The van der Waals surface area contributed by atoms with Gasteiger partial charge in [-0.2, -0.15) is 4.98 Å². The van der Waals surface area contributed by atoms with Crippen molar-refractivity contribution in [2.24, 2.45) is 0 Å². The number of nitrogens with one attached hydrogen (secondary N) is 1. The Morgan fingerprint density at radius 2 is 2.17 bits per heavy atom. The third-order valence-electron chi connectivity index (χ3n) is 2.50. The number of benzene rings is 1. The van der Waals surface area contributed by atoms with Crippen LogP contribution in [0.5, 0.6) is 0 Å². The van der Waals surface area contributed by atoms with E-state index in [1.165, 1.54) is 0 Å². The second-order valence-corrected chi connectivity index (χ2v) is 3.83. The fourth-order valence-electron chi connectivity index (χ4n) is 1.68. The lowest BCUT2D eigenvalue weighted by Crippen LogP contribution is -2.27. The van der Waals surface area contributed by atoms with Gasteiger partial charge in [0.1, 0.15) is 0 Å². The summed E-state index contributed by atoms with van der Waals surface area (Å²) in [7, 11) is 0. The molecular formula is C12H13N3O3. The van der Waals surface area contributed by atoms with Crippen LogP contribution in [-0.4, -0.2) is 27.9 Å². The molecular weight excluding hydrogens is 234 g/mol. The SMILES string of the molecule is Cc1noc(C(CNC(=O)O)c2ccccc2)n1. The lowest BCUT2D eigenvalue weighted by molar-refractivity contribution is 0.193. The van der Waals surface area contributed by atoms with Crippen molar-refractivity contribution in [1.82, 2.24) is 15.5 Å². The summed E-state index contributed by atoms with van der Waals surface area (Å²) in [5, 5.41) is 14.8. The zero-order valence-corrected chi connectivity index (χ0v) is 9.83. The zero-order chi connectivity index (χ0) is 13.0. The number of carbonyl (C=O) groups is 1. The van der Waals surface area contributed by atoms with Crippen LogP contribution in [0, 0.1) is 6.92 Å². The van der Waals surface area contributed by atoms with Gasteiger partial charge in [-0.25, -0.2) is 4.79 Å². The van der Waals surface area contributed by atoms with Gasteiger partial charge in [0.25, 0.3) is 0 Å². The van der Waals surface area contributed by atoms with Crippen LogP contribution in [0.2, 0.25) is 0 Å². The van der Waals surface area contributed by atoms with Crippen molar-refractivity contribution in [2.45, 2.75) is 12.8 Å². The summed E-state index contributed by atoms with van der Waals surface area (Å²) in [6, 6.07) is 9.45. The molecule has 1 atom stereocenters. The van der Waals surface area contributed by atoms with Crippen LogP contribution in [0.15, 0.2) is 34.9 Å². The second kappa shape index (κ2) is 5.31. The first kappa shape index (κ1) is 12.1. The Morgan fingerprint density at radius 1 is 1.44 bits per heavy atom. The topological polar surface area (TPSA) is 88.2 Å². The van der Waals surface area contributed by atoms with Gasteiger partial charge < -0.3 is 14.9 Å². The average Bonchev–Trinajstić information content (AvgIpc) is 2.77. The molecule has 0 saturated carbocycles. The number of nitrogens with zero attached hydrogens (tertiary/aromatic N) is 2. The molecule has 2 rings (SSSR count). The fraction of sp³-hybridized carbons (Fsp3) is 0.250. The van der Waals surface area contributed by atoms with Crippen LogP contribution in [0.1, 0.15) is 23.2 Å². The van der Waals surface area contributed by atoms with E-state index in [-0.39, 0.29) is 12.5 Å². The highest BCUT2D eigenvalue weighted by atomic mass is 16.5. The van der Waals surface area contributed by atoms with Gasteiger partial charge in [0.2, 0.25) is 5.89 Å². The molecule has 1 aromatic heterocycles. The Kier molecular flexibility index (Phi) is 3.57. The maximum absolute atomic E-state index is 10.6. The molecule has 1 unspecified atom stereocenters.